The standard InChI is InChI=1S/C31H34F6N4O3S/c1-39-9-7-20(8-10-39)18-40-11-13-41(14-12-40)29-38-28(42)27(45-29)16-21-3-6-25(26(15-21)43-2)44-19-22-4-5-23(30(32,33)34)17-24(22)31(35,36)37/h3-6,15-17,20H,7-14,18-19H2,1-2H3/b27-16+. The Hall–Kier alpha value is -3.23. The third-order valence-electron chi connectivity index (χ3n) is 8.22. The van der Waals surface area contributed by atoms with Crippen molar-refractivity contribution in [3.8, 4) is 11.5 Å². The van der Waals surface area contributed by atoms with Crippen LogP contribution in [-0.4, -0.2) is 85.7 Å². The van der Waals surface area contributed by atoms with Gasteiger partial charge in [0.25, 0.3) is 5.91 Å². The van der Waals surface area contributed by atoms with Crippen LogP contribution in [0.2, 0.25) is 0 Å². The molecule has 0 aromatic heterocycles. The number of alkyl halides is 6. The van der Waals surface area contributed by atoms with Crippen LogP contribution in [0.15, 0.2) is 46.3 Å². The first-order valence-electron chi connectivity index (χ1n) is 14.6. The molecule has 0 atom stereocenters. The van der Waals surface area contributed by atoms with Gasteiger partial charge < -0.3 is 19.3 Å². The fourth-order valence-corrected chi connectivity index (χ4v) is 6.57. The number of methoxy groups -OCH3 is 1. The van der Waals surface area contributed by atoms with Crippen molar-refractivity contribution in [2.45, 2.75) is 31.8 Å². The van der Waals surface area contributed by atoms with Crippen LogP contribution in [0.1, 0.15) is 35.1 Å². The van der Waals surface area contributed by atoms with E-state index >= 15 is 0 Å². The summed E-state index contributed by atoms with van der Waals surface area (Å²) in [5, 5.41) is 0.661. The monoisotopic (exact) mass is 656 g/mol. The molecule has 3 aliphatic rings. The molecule has 2 saturated heterocycles. The van der Waals surface area contributed by atoms with Gasteiger partial charge in [-0.25, -0.2) is 0 Å². The Balaban J connectivity index is 1.19. The summed E-state index contributed by atoms with van der Waals surface area (Å²) in [7, 11) is 3.51. The zero-order valence-corrected chi connectivity index (χ0v) is 25.7. The van der Waals surface area contributed by atoms with Crippen LogP contribution >= 0.6 is 11.8 Å². The summed E-state index contributed by atoms with van der Waals surface area (Å²) in [4.78, 5) is 24.4. The van der Waals surface area contributed by atoms with E-state index in [9.17, 15) is 31.1 Å². The van der Waals surface area contributed by atoms with Crippen LogP contribution in [0, 0.1) is 5.92 Å². The number of amidine groups is 1. The molecule has 0 radical (unpaired) electrons. The molecule has 0 unspecified atom stereocenters. The van der Waals surface area contributed by atoms with Crippen molar-refractivity contribution >= 4 is 28.9 Å². The van der Waals surface area contributed by atoms with Crippen LogP contribution in [-0.2, 0) is 23.8 Å². The van der Waals surface area contributed by atoms with Gasteiger partial charge in [0, 0.05) is 38.3 Å². The minimum atomic E-state index is -5.01. The lowest BCUT2D eigenvalue weighted by Gasteiger charge is -2.38. The topological polar surface area (TPSA) is 57.6 Å². The number of likely N-dealkylation sites (tertiary alicyclic amines) is 1. The Morgan fingerprint density at radius 1 is 0.933 bits per heavy atom. The lowest BCUT2D eigenvalue weighted by Crippen LogP contribution is -2.49. The van der Waals surface area contributed by atoms with E-state index in [1.807, 2.05) is 0 Å². The third kappa shape index (κ3) is 8.33. The second kappa shape index (κ2) is 13.6. The van der Waals surface area contributed by atoms with Crippen LogP contribution in [0.4, 0.5) is 26.3 Å². The van der Waals surface area contributed by atoms with Crippen molar-refractivity contribution in [2.24, 2.45) is 10.9 Å². The molecule has 7 nitrogen and oxygen atoms in total. The third-order valence-corrected chi connectivity index (χ3v) is 9.26. The van der Waals surface area contributed by atoms with Crippen molar-refractivity contribution in [3.63, 3.8) is 0 Å². The summed E-state index contributed by atoms with van der Waals surface area (Å²) >= 11 is 1.29. The number of aliphatic imine (C=N–C) groups is 1. The SMILES string of the molecule is COc1cc(/C=C2/SC(N3CCN(CC4CCN(C)CC4)CC3)=NC2=O)ccc1OCc1ccc(C(F)(F)F)cc1C(F)(F)F. The highest BCUT2D eigenvalue weighted by Gasteiger charge is 2.38. The van der Waals surface area contributed by atoms with E-state index < -0.39 is 35.6 Å². The van der Waals surface area contributed by atoms with Gasteiger partial charge in [0.2, 0.25) is 0 Å². The van der Waals surface area contributed by atoms with Crippen LogP contribution in [0.3, 0.4) is 0 Å². The number of carbonyl (C=O) groups is 1. The molecule has 14 heteroatoms. The predicted octanol–water partition coefficient (Wildman–Crippen LogP) is 6.24. The lowest BCUT2D eigenvalue weighted by atomic mass is 9.96. The maximum atomic E-state index is 13.5. The van der Waals surface area contributed by atoms with E-state index in [1.165, 1.54) is 37.8 Å². The average Bonchev–Trinajstić information content (AvgIpc) is 3.36. The summed E-state index contributed by atoms with van der Waals surface area (Å²) in [6.45, 7) is 6.14. The van der Waals surface area contributed by atoms with Gasteiger partial charge in [-0.15, -0.1) is 0 Å². The van der Waals surface area contributed by atoms with Crippen molar-refractivity contribution in [1.82, 2.24) is 14.7 Å². The lowest BCUT2D eigenvalue weighted by molar-refractivity contribution is -0.143. The molecule has 0 saturated carbocycles. The number of halogens is 6. The van der Waals surface area contributed by atoms with Gasteiger partial charge in [-0.2, -0.15) is 31.3 Å². The Kier molecular flexibility index (Phi) is 10.0. The highest BCUT2D eigenvalue weighted by atomic mass is 32.2. The molecule has 2 aromatic carbocycles. The second-order valence-electron chi connectivity index (χ2n) is 11.4. The smallest absolute Gasteiger partial charge is 0.416 e. The van der Waals surface area contributed by atoms with E-state index in [0.29, 0.717) is 21.7 Å². The molecule has 2 aromatic rings. The molecular weight excluding hydrogens is 622 g/mol. The highest BCUT2D eigenvalue weighted by Crippen LogP contribution is 2.39. The number of thioether (sulfide) groups is 1. The van der Waals surface area contributed by atoms with Gasteiger partial charge in [0.1, 0.15) is 6.61 Å². The van der Waals surface area contributed by atoms with E-state index in [0.717, 1.165) is 57.8 Å². The number of benzene rings is 2. The van der Waals surface area contributed by atoms with Gasteiger partial charge in [-0.3, -0.25) is 9.69 Å². The highest BCUT2D eigenvalue weighted by molar-refractivity contribution is 8.18. The van der Waals surface area contributed by atoms with Crippen molar-refractivity contribution in [1.29, 1.82) is 0 Å². The first-order valence-corrected chi connectivity index (χ1v) is 15.4. The number of piperidine rings is 1. The molecule has 2 fully saturated rings. The number of nitrogens with zero attached hydrogens (tertiary/aromatic N) is 4. The first-order chi connectivity index (χ1) is 21.3. The molecule has 5 rings (SSSR count). The number of hydrogen-bond donors (Lipinski definition) is 0. The molecule has 0 bridgehead atoms. The van der Waals surface area contributed by atoms with E-state index in [1.54, 1.807) is 18.2 Å². The number of hydrogen-bond acceptors (Lipinski definition) is 7. The van der Waals surface area contributed by atoms with E-state index in [4.69, 9.17) is 9.47 Å². The van der Waals surface area contributed by atoms with Gasteiger partial charge in [-0.05, 0) is 86.6 Å². The minimum Gasteiger partial charge on any atom is -0.493 e. The fourth-order valence-electron chi connectivity index (χ4n) is 5.61. The molecule has 0 N–H and O–H groups in total. The number of ether oxygens (including phenoxy) is 2. The van der Waals surface area contributed by atoms with Gasteiger partial charge in [0.05, 0.1) is 23.1 Å². The summed E-state index contributed by atoms with van der Waals surface area (Å²) in [6.07, 6.45) is -5.83. The molecule has 244 valence electrons. The Bertz CT molecular complexity index is 1450. The number of amides is 1. The molecule has 3 aliphatic heterocycles. The van der Waals surface area contributed by atoms with Gasteiger partial charge in [0.15, 0.2) is 16.7 Å². The van der Waals surface area contributed by atoms with Crippen LogP contribution in [0.5, 0.6) is 11.5 Å². The summed E-state index contributed by atoms with van der Waals surface area (Å²) in [5.74, 6) is 0.637. The molecule has 45 heavy (non-hydrogen) atoms. The van der Waals surface area contributed by atoms with Crippen LogP contribution in [0.25, 0.3) is 6.08 Å². The zero-order valence-electron chi connectivity index (χ0n) is 24.9. The van der Waals surface area contributed by atoms with Gasteiger partial charge in [-0.1, -0.05) is 12.1 Å². The van der Waals surface area contributed by atoms with Crippen LogP contribution < -0.4 is 9.47 Å². The summed E-state index contributed by atoms with van der Waals surface area (Å²) in [6, 6.07) is 6.06. The predicted molar refractivity (Wildman–Crippen MR) is 160 cm³/mol. The van der Waals surface area contributed by atoms with Crippen molar-refractivity contribution in [2.75, 3.05) is 60.0 Å². The van der Waals surface area contributed by atoms with Crippen molar-refractivity contribution < 1.29 is 40.6 Å². The van der Waals surface area contributed by atoms with Gasteiger partial charge >= 0.3 is 12.4 Å². The normalized spacial score (nSPS) is 20.2. The largest absolute Gasteiger partial charge is 0.493 e. The van der Waals surface area contributed by atoms with E-state index in [2.05, 4.69) is 26.7 Å². The molecule has 0 spiro atoms. The Morgan fingerprint density at radius 3 is 2.29 bits per heavy atom. The molecule has 3 heterocycles. The molecular formula is C31H34F6N4O3S. The quantitative estimate of drug-likeness (QED) is 0.258. The Labute approximate surface area is 261 Å². The second-order valence-corrected chi connectivity index (χ2v) is 12.4. The molecule has 1 amide bonds. The zero-order chi connectivity index (χ0) is 32.4. The maximum absolute atomic E-state index is 13.5. The number of piperazine rings is 1. The maximum Gasteiger partial charge on any atom is 0.416 e. The molecule has 0 aliphatic carbocycles. The average molecular weight is 657 g/mol. The fraction of sp³-hybridized carbons (Fsp3) is 0.484. The minimum absolute atomic E-state index is 0.0776. The summed E-state index contributed by atoms with van der Waals surface area (Å²) < 4.78 is 90.5. The summed E-state index contributed by atoms with van der Waals surface area (Å²) in [5.41, 5.74) is -2.70. The first kappa shape index (κ1) is 33.1. The number of carbonyl (C=O) groups excluding carboxylic acids is 1. The number of rotatable bonds is 7. The van der Waals surface area contributed by atoms with Crippen molar-refractivity contribution in [3.05, 3.63) is 63.6 Å². The Morgan fingerprint density at radius 2 is 1.64 bits per heavy atom. The van der Waals surface area contributed by atoms with E-state index in [-0.39, 0.29) is 23.5 Å².